The second-order valence-electron chi connectivity index (χ2n) is 7.27. The van der Waals surface area contributed by atoms with Crippen LogP contribution < -0.4 is 14.4 Å². The van der Waals surface area contributed by atoms with E-state index in [1.165, 1.54) is 0 Å². The van der Waals surface area contributed by atoms with Crippen molar-refractivity contribution in [1.29, 1.82) is 0 Å². The van der Waals surface area contributed by atoms with Crippen LogP contribution in [0.15, 0.2) is 43.0 Å². The molecular weight excluding hydrogens is 368 g/mol. The molecule has 4 heterocycles. The van der Waals surface area contributed by atoms with E-state index in [1.807, 2.05) is 24.4 Å². The van der Waals surface area contributed by atoms with Gasteiger partial charge in [0.1, 0.15) is 31.2 Å². The van der Waals surface area contributed by atoms with Crippen molar-refractivity contribution in [3.8, 4) is 22.8 Å². The van der Waals surface area contributed by atoms with E-state index in [9.17, 15) is 0 Å². The Bertz CT molecular complexity index is 962. The van der Waals surface area contributed by atoms with Crippen molar-refractivity contribution in [3.05, 3.63) is 48.8 Å². The van der Waals surface area contributed by atoms with E-state index >= 15 is 0 Å². The smallest absolute Gasteiger partial charge is 0.162 e. The molecule has 1 N–H and O–H groups in total. The molecule has 8 heteroatoms. The second-order valence-corrected chi connectivity index (χ2v) is 7.27. The lowest BCUT2D eigenvalue weighted by Crippen LogP contribution is -2.31. The lowest BCUT2D eigenvalue weighted by atomic mass is 10.1. The van der Waals surface area contributed by atoms with Crippen LogP contribution in [0.4, 0.5) is 5.82 Å². The fourth-order valence-corrected chi connectivity index (χ4v) is 3.83. The Morgan fingerprint density at radius 1 is 0.931 bits per heavy atom. The van der Waals surface area contributed by atoms with Crippen molar-refractivity contribution in [2.75, 3.05) is 44.3 Å². The van der Waals surface area contributed by atoms with Crippen molar-refractivity contribution >= 4 is 5.82 Å². The lowest BCUT2D eigenvalue weighted by molar-refractivity contribution is 0.171. The third-order valence-electron chi connectivity index (χ3n) is 5.33. The number of aromatic nitrogens is 4. The van der Waals surface area contributed by atoms with E-state index in [0.29, 0.717) is 13.2 Å². The summed E-state index contributed by atoms with van der Waals surface area (Å²) in [4.78, 5) is 21.3. The average molecular weight is 392 g/mol. The number of imidazole rings is 1. The van der Waals surface area contributed by atoms with Crippen molar-refractivity contribution < 1.29 is 9.47 Å². The van der Waals surface area contributed by atoms with Crippen LogP contribution in [-0.4, -0.2) is 64.2 Å². The molecule has 0 atom stereocenters. The SMILES string of the molecule is c1nc(-c2ccc3c(c2)OCCO3)cc(N2CCCN(Cc3ncc[nH]3)CC2)n1. The number of nitrogens with one attached hydrogen (secondary N) is 1. The molecule has 1 saturated heterocycles. The fourth-order valence-electron chi connectivity index (χ4n) is 3.83. The first-order valence-electron chi connectivity index (χ1n) is 10.0. The minimum atomic E-state index is 0.577. The van der Waals surface area contributed by atoms with Gasteiger partial charge in [-0.1, -0.05) is 0 Å². The summed E-state index contributed by atoms with van der Waals surface area (Å²) in [6.07, 6.45) is 6.41. The lowest BCUT2D eigenvalue weighted by Gasteiger charge is -2.23. The number of benzene rings is 1. The van der Waals surface area contributed by atoms with Crippen LogP contribution in [0.1, 0.15) is 12.2 Å². The van der Waals surface area contributed by atoms with E-state index in [2.05, 4.69) is 35.8 Å². The third kappa shape index (κ3) is 4.02. The summed E-state index contributed by atoms with van der Waals surface area (Å²) >= 11 is 0. The zero-order chi connectivity index (χ0) is 19.5. The molecule has 0 amide bonds. The maximum absolute atomic E-state index is 5.71. The van der Waals surface area contributed by atoms with Gasteiger partial charge in [-0.05, 0) is 24.6 Å². The number of hydrogen-bond donors (Lipinski definition) is 1. The van der Waals surface area contributed by atoms with Gasteiger partial charge < -0.3 is 19.4 Å². The van der Waals surface area contributed by atoms with E-state index < -0.39 is 0 Å². The highest BCUT2D eigenvalue weighted by atomic mass is 16.6. The summed E-state index contributed by atoms with van der Waals surface area (Å²) in [5, 5.41) is 0. The highest BCUT2D eigenvalue weighted by Gasteiger charge is 2.18. The molecule has 0 unspecified atom stereocenters. The predicted molar refractivity (Wildman–Crippen MR) is 109 cm³/mol. The first-order valence-corrected chi connectivity index (χ1v) is 10.0. The molecule has 8 nitrogen and oxygen atoms in total. The topological polar surface area (TPSA) is 79.4 Å². The van der Waals surface area contributed by atoms with E-state index in [-0.39, 0.29) is 0 Å². The van der Waals surface area contributed by atoms with Crippen LogP contribution in [0.3, 0.4) is 0 Å². The number of hydrogen-bond acceptors (Lipinski definition) is 7. The summed E-state index contributed by atoms with van der Waals surface area (Å²) in [5.41, 5.74) is 1.90. The molecule has 150 valence electrons. The average Bonchev–Trinajstić information content (AvgIpc) is 3.17. The Morgan fingerprint density at radius 2 is 1.86 bits per heavy atom. The van der Waals surface area contributed by atoms with Crippen LogP contribution in [0.25, 0.3) is 11.3 Å². The van der Waals surface area contributed by atoms with Crippen molar-refractivity contribution in [1.82, 2.24) is 24.8 Å². The highest BCUT2D eigenvalue weighted by molar-refractivity contribution is 5.66. The van der Waals surface area contributed by atoms with Gasteiger partial charge >= 0.3 is 0 Å². The number of rotatable bonds is 4. The Morgan fingerprint density at radius 3 is 2.76 bits per heavy atom. The standard InChI is InChI=1S/C21H24N6O2/c1-6-26(14-20-22-4-5-23-20)8-9-27(7-1)21-13-17(24-15-25-21)16-2-3-18-19(12-16)29-11-10-28-18/h2-5,12-13,15H,1,6-11,14H2,(H,22,23). The molecule has 2 aliphatic heterocycles. The minimum absolute atomic E-state index is 0.577. The predicted octanol–water partition coefficient (Wildman–Crippen LogP) is 2.35. The van der Waals surface area contributed by atoms with Crippen molar-refractivity contribution in [2.45, 2.75) is 13.0 Å². The second kappa shape index (κ2) is 8.08. The first kappa shape index (κ1) is 17.9. The van der Waals surface area contributed by atoms with E-state index in [4.69, 9.17) is 9.47 Å². The van der Waals surface area contributed by atoms with Crippen LogP contribution in [0.2, 0.25) is 0 Å². The van der Waals surface area contributed by atoms with Gasteiger partial charge in [0.25, 0.3) is 0 Å². The van der Waals surface area contributed by atoms with Gasteiger partial charge in [0, 0.05) is 50.2 Å². The molecule has 1 aromatic carbocycles. The van der Waals surface area contributed by atoms with E-state index in [1.54, 1.807) is 12.5 Å². The zero-order valence-electron chi connectivity index (χ0n) is 16.3. The molecule has 0 bridgehead atoms. The number of anilines is 1. The van der Waals surface area contributed by atoms with Gasteiger partial charge in [-0.25, -0.2) is 15.0 Å². The van der Waals surface area contributed by atoms with Crippen LogP contribution in [0.5, 0.6) is 11.5 Å². The van der Waals surface area contributed by atoms with E-state index in [0.717, 1.165) is 73.5 Å². The van der Waals surface area contributed by atoms with Crippen LogP contribution in [0, 0.1) is 0 Å². The maximum Gasteiger partial charge on any atom is 0.162 e. The maximum atomic E-state index is 5.71. The Balaban J connectivity index is 1.30. The quantitative estimate of drug-likeness (QED) is 0.730. The summed E-state index contributed by atoms with van der Waals surface area (Å²) < 4.78 is 11.3. The summed E-state index contributed by atoms with van der Waals surface area (Å²) in [6.45, 7) is 5.96. The van der Waals surface area contributed by atoms with Gasteiger partial charge in [-0.15, -0.1) is 0 Å². The van der Waals surface area contributed by atoms with Crippen molar-refractivity contribution in [2.24, 2.45) is 0 Å². The Kier molecular flexibility index (Phi) is 5.00. The third-order valence-corrected chi connectivity index (χ3v) is 5.33. The number of H-pyrrole nitrogens is 1. The number of nitrogens with zero attached hydrogens (tertiary/aromatic N) is 5. The molecule has 0 aliphatic carbocycles. The molecule has 0 radical (unpaired) electrons. The zero-order valence-corrected chi connectivity index (χ0v) is 16.3. The summed E-state index contributed by atoms with van der Waals surface area (Å²) in [7, 11) is 0. The minimum Gasteiger partial charge on any atom is -0.486 e. The van der Waals surface area contributed by atoms with Gasteiger partial charge in [0.2, 0.25) is 0 Å². The molecule has 5 rings (SSSR count). The molecule has 29 heavy (non-hydrogen) atoms. The van der Waals surface area contributed by atoms with Gasteiger partial charge in [0.15, 0.2) is 11.5 Å². The molecule has 1 fully saturated rings. The largest absolute Gasteiger partial charge is 0.486 e. The summed E-state index contributed by atoms with van der Waals surface area (Å²) in [6, 6.07) is 8.03. The molecule has 2 aliphatic rings. The van der Waals surface area contributed by atoms with Crippen LogP contribution in [-0.2, 0) is 6.54 Å². The van der Waals surface area contributed by atoms with Crippen molar-refractivity contribution in [3.63, 3.8) is 0 Å². The molecule has 0 spiro atoms. The number of ether oxygens (including phenoxy) is 2. The highest BCUT2D eigenvalue weighted by Crippen LogP contribution is 2.34. The molecule has 2 aromatic heterocycles. The van der Waals surface area contributed by atoms with Gasteiger partial charge in [-0.2, -0.15) is 0 Å². The van der Waals surface area contributed by atoms with Crippen LogP contribution >= 0.6 is 0 Å². The normalized spacial score (nSPS) is 17.2. The number of fused-ring (bicyclic) bond motifs is 1. The van der Waals surface area contributed by atoms with Gasteiger partial charge in [-0.3, -0.25) is 4.90 Å². The molecular formula is C21H24N6O2. The number of aromatic amines is 1. The first-order chi connectivity index (χ1) is 14.3. The summed E-state index contributed by atoms with van der Waals surface area (Å²) in [5.74, 6) is 3.54. The Hall–Kier alpha value is -3.13. The molecule has 0 saturated carbocycles. The molecule has 3 aromatic rings. The monoisotopic (exact) mass is 392 g/mol. The fraction of sp³-hybridized carbons (Fsp3) is 0.381. The Labute approximate surface area is 169 Å². The van der Waals surface area contributed by atoms with Gasteiger partial charge in [0.05, 0.1) is 12.2 Å².